The highest BCUT2D eigenvalue weighted by molar-refractivity contribution is 5.61. The van der Waals surface area contributed by atoms with Gasteiger partial charge in [-0.2, -0.15) is 5.10 Å². The van der Waals surface area contributed by atoms with E-state index in [1.165, 1.54) is 43.4 Å². The first-order valence-electron chi connectivity index (χ1n) is 7.70. The van der Waals surface area contributed by atoms with E-state index in [0.717, 1.165) is 19.0 Å². The zero-order valence-electron chi connectivity index (χ0n) is 12.0. The first-order chi connectivity index (χ1) is 9.92. The summed E-state index contributed by atoms with van der Waals surface area (Å²) in [6.45, 7) is 3.12. The molecule has 0 aliphatic heterocycles. The van der Waals surface area contributed by atoms with Gasteiger partial charge in [0.25, 0.3) is 0 Å². The van der Waals surface area contributed by atoms with Crippen molar-refractivity contribution in [1.29, 1.82) is 0 Å². The van der Waals surface area contributed by atoms with Gasteiger partial charge in [-0.05, 0) is 30.9 Å². The molecule has 1 aromatic heterocycles. The minimum atomic E-state index is 0.910. The Balaban J connectivity index is 1.45. The van der Waals surface area contributed by atoms with Gasteiger partial charge >= 0.3 is 0 Å². The standard InChI is InChI=1S/C17H23N3/c1-2-8-16(9-3-1)17-13-19-20(14-17)11-10-18-12-15-6-4-5-7-15/h1-3,8-9,13-15,18H,4-7,10-12H2. The van der Waals surface area contributed by atoms with Crippen molar-refractivity contribution < 1.29 is 0 Å². The third kappa shape index (κ3) is 3.48. The lowest BCUT2D eigenvalue weighted by Crippen LogP contribution is -2.25. The lowest BCUT2D eigenvalue weighted by atomic mass is 10.1. The second-order valence-electron chi connectivity index (χ2n) is 5.71. The molecule has 0 radical (unpaired) electrons. The third-order valence-electron chi connectivity index (χ3n) is 4.17. The summed E-state index contributed by atoms with van der Waals surface area (Å²) in [4.78, 5) is 0. The van der Waals surface area contributed by atoms with Gasteiger partial charge in [-0.15, -0.1) is 0 Å². The molecule has 1 N–H and O–H groups in total. The average Bonchev–Trinajstić information content (AvgIpc) is 3.16. The zero-order valence-corrected chi connectivity index (χ0v) is 12.0. The normalized spacial score (nSPS) is 15.8. The highest BCUT2D eigenvalue weighted by atomic mass is 15.3. The van der Waals surface area contributed by atoms with Crippen LogP contribution in [0.1, 0.15) is 25.7 Å². The smallest absolute Gasteiger partial charge is 0.0568 e. The molecule has 0 bridgehead atoms. The number of hydrogen-bond donors (Lipinski definition) is 1. The first-order valence-corrected chi connectivity index (χ1v) is 7.70. The van der Waals surface area contributed by atoms with Gasteiger partial charge in [0, 0.05) is 18.3 Å². The molecular formula is C17H23N3. The van der Waals surface area contributed by atoms with Crippen LogP contribution in [0.4, 0.5) is 0 Å². The Labute approximate surface area is 121 Å². The Morgan fingerprint density at radius 3 is 2.70 bits per heavy atom. The van der Waals surface area contributed by atoms with Crippen molar-refractivity contribution in [2.75, 3.05) is 13.1 Å². The molecule has 20 heavy (non-hydrogen) atoms. The fraction of sp³-hybridized carbons (Fsp3) is 0.471. The predicted molar refractivity (Wildman–Crippen MR) is 82.5 cm³/mol. The molecule has 3 rings (SSSR count). The second-order valence-corrected chi connectivity index (χ2v) is 5.71. The van der Waals surface area contributed by atoms with Crippen LogP contribution in [0.2, 0.25) is 0 Å². The molecule has 0 atom stereocenters. The molecule has 2 aromatic rings. The van der Waals surface area contributed by atoms with Crippen LogP contribution in [0.3, 0.4) is 0 Å². The van der Waals surface area contributed by atoms with Crippen molar-refractivity contribution in [1.82, 2.24) is 15.1 Å². The van der Waals surface area contributed by atoms with E-state index in [4.69, 9.17) is 0 Å². The summed E-state index contributed by atoms with van der Waals surface area (Å²) in [5.41, 5.74) is 2.43. The lowest BCUT2D eigenvalue weighted by Gasteiger charge is -2.10. The van der Waals surface area contributed by atoms with Crippen molar-refractivity contribution in [2.45, 2.75) is 32.2 Å². The van der Waals surface area contributed by atoms with Crippen LogP contribution in [-0.2, 0) is 6.54 Å². The summed E-state index contributed by atoms with van der Waals surface area (Å²) in [5, 5.41) is 8.00. The number of benzene rings is 1. The molecule has 1 fully saturated rings. The Morgan fingerprint density at radius 1 is 1.10 bits per heavy atom. The Kier molecular flexibility index (Phi) is 4.49. The number of aromatic nitrogens is 2. The van der Waals surface area contributed by atoms with Crippen molar-refractivity contribution in [2.24, 2.45) is 5.92 Å². The fourth-order valence-corrected chi connectivity index (χ4v) is 2.98. The maximum Gasteiger partial charge on any atom is 0.0568 e. The maximum absolute atomic E-state index is 4.44. The minimum absolute atomic E-state index is 0.910. The summed E-state index contributed by atoms with van der Waals surface area (Å²) in [7, 11) is 0. The van der Waals surface area contributed by atoms with Crippen LogP contribution in [0.5, 0.6) is 0 Å². The van der Waals surface area contributed by atoms with E-state index in [9.17, 15) is 0 Å². The Morgan fingerprint density at radius 2 is 1.90 bits per heavy atom. The van der Waals surface area contributed by atoms with Crippen molar-refractivity contribution in [3.8, 4) is 11.1 Å². The van der Waals surface area contributed by atoms with Gasteiger partial charge in [0.1, 0.15) is 0 Å². The van der Waals surface area contributed by atoms with E-state index >= 15 is 0 Å². The van der Waals surface area contributed by atoms with Crippen LogP contribution < -0.4 is 5.32 Å². The van der Waals surface area contributed by atoms with Crippen LogP contribution in [0.25, 0.3) is 11.1 Å². The molecule has 1 saturated carbocycles. The number of nitrogens with one attached hydrogen (secondary N) is 1. The van der Waals surface area contributed by atoms with Gasteiger partial charge in [-0.1, -0.05) is 43.2 Å². The van der Waals surface area contributed by atoms with Crippen molar-refractivity contribution >= 4 is 0 Å². The predicted octanol–water partition coefficient (Wildman–Crippen LogP) is 3.33. The van der Waals surface area contributed by atoms with Crippen molar-refractivity contribution in [3.63, 3.8) is 0 Å². The maximum atomic E-state index is 4.44. The van der Waals surface area contributed by atoms with E-state index in [1.54, 1.807) is 0 Å². The van der Waals surface area contributed by atoms with Crippen LogP contribution in [0, 0.1) is 5.92 Å². The van der Waals surface area contributed by atoms with Crippen molar-refractivity contribution in [3.05, 3.63) is 42.7 Å². The molecule has 3 heteroatoms. The molecule has 1 aliphatic rings. The molecule has 106 valence electrons. The Hall–Kier alpha value is -1.61. The van der Waals surface area contributed by atoms with Gasteiger partial charge in [0.05, 0.1) is 12.7 Å². The minimum Gasteiger partial charge on any atom is -0.315 e. The van der Waals surface area contributed by atoms with Gasteiger partial charge in [-0.3, -0.25) is 4.68 Å². The zero-order chi connectivity index (χ0) is 13.6. The second kappa shape index (κ2) is 6.71. The molecule has 1 heterocycles. The van der Waals surface area contributed by atoms with Gasteiger partial charge in [0.15, 0.2) is 0 Å². The van der Waals surface area contributed by atoms with Crippen LogP contribution in [0.15, 0.2) is 42.7 Å². The summed E-state index contributed by atoms with van der Waals surface area (Å²) in [5.74, 6) is 0.910. The number of nitrogens with zero attached hydrogens (tertiary/aromatic N) is 2. The monoisotopic (exact) mass is 269 g/mol. The third-order valence-corrected chi connectivity index (χ3v) is 4.17. The summed E-state index contributed by atoms with van der Waals surface area (Å²) >= 11 is 0. The summed E-state index contributed by atoms with van der Waals surface area (Å²) in [6, 6.07) is 10.4. The fourth-order valence-electron chi connectivity index (χ4n) is 2.98. The molecule has 0 saturated heterocycles. The van der Waals surface area contributed by atoms with E-state index < -0.39 is 0 Å². The SMILES string of the molecule is c1ccc(-c2cnn(CCNCC3CCCC3)c2)cc1. The topological polar surface area (TPSA) is 29.9 Å². The first kappa shape index (κ1) is 13.4. The summed E-state index contributed by atoms with van der Waals surface area (Å²) in [6.07, 6.45) is 9.75. The van der Waals surface area contributed by atoms with E-state index in [1.807, 2.05) is 16.9 Å². The lowest BCUT2D eigenvalue weighted by molar-refractivity contribution is 0.467. The van der Waals surface area contributed by atoms with E-state index in [-0.39, 0.29) is 0 Å². The average molecular weight is 269 g/mol. The van der Waals surface area contributed by atoms with Crippen LogP contribution in [-0.4, -0.2) is 22.9 Å². The number of rotatable bonds is 6. The van der Waals surface area contributed by atoms with E-state index in [0.29, 0.717) is 0 Å². The molecule has 0 amide bonds. The molecule has 0 spiro atoms. The Bertz CT molecular complexity index is 512. The van der Waals surface area contributed by atoms with Gasteiger partial charge < -0.3 is 5.32 Å². The highest BCUT2D eigenvalue weighted by Gasteiger charge is 2.13. The molecule has 0 unspecified atom stereocenters. The van der Waals surface area contributed by atoms with Gasteiger partial charge in [0.2, 0.25) is 0 Å². The molecule has 1 aliphatic carbocycles. The highest BCUT2D eigenvalue weighted by Crippen LogP contribution is 2.23. The van der Waals surface area contributed by atoms with Crippen LogP contribution >= 0.6 is 0 Å². The van der Waals surface area contributed by atoms with Gasteiger partial charge in [-0.25, -0.2) is 0 Å². The quantitative estimate of drug-likeness (QED) is 0.815. The molecule has 1 aromatic carbocycles. The summed E-state index contributed by atoms with van der Waals surface area (Å²) < 4.78 is 2.03. The number of hydrogen-bond acceptors (Lipinski definition) is 2. The molecule has 3 nitrogen and oxygen atoms in total. The molecular weight excluding hydrogens is 246 g/mol. The largest absolute Gasteiger partial charge is 0.315 e. The van der Waals surface area contributed by atoms with E-state index in [2.05, 4.69) is 40.9 Å².